The fourth-order valence-corrected chi connectivity index (χ4v) is 3.72. The summed E-state index contributed by atoms with van der Waals surface area (Å²) in [5, 5.41) is 0.873. The number of ether oxygens (including phenoxy) is 1. The molecular weight excluding hydrogens is 315 g/mol. The van der Waals surface area contributed by atoms with Crippen LogP contribution in [0.25, 0.3) is 0 Å². The van der Waals surface area contributed by atoms with Crippen molar-refractivity contribution in [1.82, 2.24) is 9.88 Å². The summed E-state index contributed by atoms with van der Waals surface area (Å²) in [5.74, 6) is -0.220. The Balaban J connectivity index is 1.77. The molecular formula is C17H19FN2O2S. The van der Waals surface area contributed by atoms with Gasteiger partial charge in [0, 0.05) is 13.0 Å². The van der Waals surface area contributed by atoms with E-state index in [4.69, 9.17) is 4.74 Å². The van der Waals surface area contributed by atoms with E-state index in [0.29, 0.717) is 31.1 Å². The first-order chi connectivity index (χ1) is 11.0. The summed E-state index contributed by atoms with van der Waals surface area (Å²) in [6.45, 7) is 5.63. The number of carbonyl (C=O) groups excluding carboxylic acids is 1. The van der Waals surface area contributed by atoms with Gasteiger partial charge in [-0.15, -0.1) is 11.3 Å². The van der Waals surface area contributed by atoms with Crippen molar-refractivity contribution in [3.63, 3.8) is 0 Å². The van der Waals surface area contributed by atoms with Crippen molar-refractivity contribution < 1.29 is 13.9 Å². The van der Waals surface area contributed by atoms with Crippen molar-refractivity contribution >= 4 is 17.2 Å². The second-order valence-corrected chi connectivity index (χ2v) is 6.83. The summed E-state index contributed by atoms with van der Waals surface area (Å²) in [6, 6.07) is 6.46. The number of thiazole rings is 1. The Hall–Kier alpha value is -1.79. The Morgan fingerprint density at radius 2 is 2.17 bits per heavy atom. The lowest BCUT2D eigenvalue weighted by Crippen LogP contribution is -2.47. The molecule has 1 saturated heterocycles. The molecule has 1 aromatic heterocycles. The van der Waals surface area contributed by atoms with E-state index in [1.54, 1.807) is 12.1 Å². The van der Waals surface area contributed by atoms with E-state index in [2.05, 4.69) is 4.98 Å². The van der Waals surface area contributed by atoms with Crippen LogP contribution >= 0.6 is 11.3 Å². The number of amides is 1. The molecule has 0 N–H and O–H groups in total. The summed E-state index contributed by atoms with van der Waals surface area (Å²) in [7, 11) is 0. The standard InChI is InChI=1S/C17H19FN2O2S/c1-11-10-22-8-7-20(11)17(21)16-12(2)19-15(23-16)9-13-3-5-14(18)6-4-13/h3-6,11H,7-10H2,1-2H3/t11-/m0/s1. The Morgan fingerprint density at radius 3 is 2.87 bits per heavy atom. The topological polar surface area (TPSA) is 42.4 Å². The Labute approximate surface area is 138 Å². The lowest BCUT2D eigenvalue weighted by molar-refractivity contribution is 0.00381. The SMILES string of the molecule is Cc1nc(Cc2ccc(F)cc2)sc1C(=O)N1CCOC[C@@H]1C. The van der Waals surface area contributed by atoms with Gasteiger partial charge in [0.2, 0.25) is 0 Å². The van der Waals surface area contributed by atoms with E-state index in [1.165, 1.54) is 23.5 Å². The van der Waals surface area contributed by atoms with Gasteiger partial charge in [0.25, 0.3) is 5.91 Å². The van der Waals surface area contributed by atoms with Gasteiger partial charge < -0.3 is 9.64 Å². The molecule has 0 bridgehead atoms. The Bertz CT molecular complexity index is 699. The molecule has 1 aromatic carbocycles. The molecule has 1 aliphatic rings. The minimum Gasteiger partial charge on any atom is -0.377 e. The van der Waals surface area contributed by atoms with E-state index in [0.717, 1.165) is 16.3 Å². The summed E-state index contributed by atoms with van der Waals surface area (Å²) >= 11 is 1.43. The molecule has 1 amide bonds. The van der Waals surface area contributed by atoms with Crippen LogP contribution in [0.3, 0.4) is 0 Å². The average Bonchev–Trinajstić information content (AvgIpc) is 2.90. The molecule has 1 fully saturated rings. The summed E-state index contributed by atoms with van der Waals surface area (Å²) < 4.78 is 18.4. The van der Waals surface area contributed by atoms with Gasteiger partial charge in [-0.3, -0.25) is 4.79 Å². The molecule has 1 aliphatic heterocycles. The summed E-state index contributed by atoms with van der Waals surface area (Å²) in [6.07, 6.45) is 0.609. The van der Waals surface area contributed by atoms with E-state index in [1.807, 2.05) is 18.7 Å². The minimum atomic E-state index is -0.249. The van der Waals surface area contributed by atoms with Gasteiger partial charge in [-0.25, -0.2) is 9.37 Å². The van der Waals surface area contributed by atoms with Gasteiger partial charge in [-0.2, -0.15) is 0 Å². The monoisotopic (exact) mass is 334 g/mol. The molecule has 0 saturated carbocycles. The maximum Gasteiger partial charge on any atom is 0.266 e. The molecule has 23 heavy (non-hydrogen) atoms. The highest BCUT2D eigenvalue weighted by Crippen LogP contribution is 2.24. The zero-order valence-corrected chi connectivity index (χ0v) is 14.0. The number of hydrogen-bond acceptors (Lipinski definition) is 4. The van der Waals surface area contributed by atoms with Crippen LogP contribution in [0, 0.1) is 12.7 Å². The average molecular weight is 334 g/mol. The number of aromatic nitrogens is 1. The van der Waals surface area contributed by atoms with Crippen molar-refractivity contribution in [2.45, 2.75) is 26.3 Å². The molecule has 0 unspecified atom stereocenters. The van der Waals surface area contributed by atoms with Crippen LogP contribution in [-0.4, -0.2) is 41.6 Å². The van der Waals surface area contributed by atoms with E-state index >= 15 is 0 Å². The molecule has 0 spiro atoms. The van der Waals surface area contributed by atoms with Gasteiger partial charge in [-0.05, 0) is 31.5 Å². The highest BCUT2D eigenvalue weighted by Gasteiger charge is 2.27. The van der Waals surface area contributed by atoms with Crippen LogP contribution in [0.1, 0.15) is 32.9 Å². The molecule has 4 nitrogen and oxygen atoms in total. The number of aryl methyl sites for hydroxylation is 1. The van der Waals surface area contributed by atoms with Crippen molar-refractivity contribution in [3.05, 3.63) is 51.2 Å². The number of nitrogens with zero attached hydrogens (tertiary/aromatic N) is 2. The minimum absolute atomic E-state index is 0.0288. The summed E-state index contributed by atoms with van der Waals surface area (Å²) in [5.41, 5.74) is 1.75. The fourth-order valence-electron chi connectivity index (χ4n) is 2.66. The third kappa shape index (κ3) is 3.59. The number of morpholine rings is 1. The molecule has 0 aliphatic carbocycles. The Kier molecular flexibility index (Phi) is 4.73. The third-order valence-corrected chi connectivity index (χ3v) is 5.08. The Morgan fingerprint density at radius 1 is 1.43 bits per heavy atom. The van der Waals surface area contributed by atoms with Gasteiger partial charge in [-0.1, -0.05) is 12.1 Å². The molecule has 6 heteroatoms. The highest BCUT2D eigenvalue weighted by molar-refractivity contribution is 7.13. The third-order valence-electron chi connectivity index (χ3n) is 3.93. The van der Waals surface area contributed by atoms with Crippen molar-refractivity contribution in [2.24, 2.45) is 0 Å². The van der Waals surface area contributed by atoms with Crippen molar-refractivity contribution in [1.29, 1.82) is 0 Å². The number of carbonyl (C=O) groups is 1. The largest absolute Gasteiger partial charge is 0.377 e. The predicted molar refractivity (Wildman–Crippen MR) is 87.4 cm³/mol. The van der Waals surface area contributed by atoms with Crippen LogP contribution < -0.4 is 0 Å². The highest BCUT2D eigenvalue weighted by atomic mass is 32.1. The first kappa shape index (κ1) is 16.1. The number of halogens is 1. The van der Waals surface area contributed by atoms with E-state index in [9.17, 15) is 9.18 Å². The van der Waals surface area contributed by atoms with Crippen molar-refractivity contribution in [3.8, 4) is 0 Å². The second-order valence-electron chi connectivity index (χ2n) is 5.75. The number of hydrogen-bond donors (Lipinski definition) is 0. The van der Waals surface area contributed by atoms with Crippen LogP contribution in [0.5, 0.6) is 0 Å². The molecule has 2 aromatic rings. The predicted octanol–water partition coefficient (Wildman–Crippen LogP) is 3.04. The first-order valence-corrected chi connectivity index (χ1v) is 8.45. The quantitative estimate of drug-likeness (QED) is 0.866. The van der Waals surface area contributed by atoms with E-state index in [-0.39, 0.29) is 17.8 Å². The first-order valence-electron chi connectivity index (χ1n) is 7.64. The molecule has 2 heterocycles. The molecule has 0 radical (unpaired) electrons. The number of rotatable bonds is 3. The molecule has 1 atom stereocenters. The van der Waals surface area contributed by atoms with Crippen LogP contribution in [0.2, 0.25) is 0 Å². The van der Waals surface area contributed by atoms with Crippen molar-refractivity contribution in [2.75, 3.05) is 19.8 Å². The normalized spacial score (nSPS) is 18.2. The van der Waals surface area contributed by atoms with Gasteiger partial charge in [0.15, 0.2) is 0 Å². The zero-order valence-electron chi connectivity index (χ0n) is 13.2. The molecule has 3 rings (SSSR count). The second kappa shape index (κ2) is 6.76. The maximum absolute atomic E-state index is 13.0. The van der Waals surface area contributed by atoms with Crippen LogP contribution in [-0.2, 0) is 11.2 Å². The van der Waals surface area contributed by atoms with Gasteiger partial charge >= 0.3 is 0 Å². The van der Waals surface area contributed by atoms with Crippen LogP contribution in [0.15, 0.2) is 24.3 Å². The summed E-state index contributed by atoms with van der Waals surface area (Å²) in [4.78, 5) is 19.8. The van der Waals surface area contributed by atoms with E-state index < -0.39 is 0 Å². The lowest BCUT2D eigenvalue weighted by atomic mass is 10.1. The van der Waals surface area contributed by atoms with Crippen LogP contribution in [0.4, 0.5) is 4.39 Å². The lowest BCUT2D eigenvalue weighted by Gasteiger charge is -2.33. The molecule has 122 valence electrons. The number of benzene rings is 1. The maximum atomic E-state index is 13.0. The fraction of sp³-hybridized carbons (Fsp3) is 0.412. The van der Waals surface area contributed by atoms with Gasteiger partial charge in [0.05, 0.1) is 30.0 Å². The van der Waals surface area contributed by atoms with Gasteiger partial charge in [0.1, 0.15) is 10.7 Å². The smallest absolute Gasteiger partial charge is 0.266 e. The zero-order chi connectivity index (χ0) is 16.4.